The number of amides is 1. The van der Waals surface area contributed by atoms with Gasteiger partial charge in [0.25, 0.3) is 0 Å². The van der Waals surface area contributed by atoms with E-state index in [4.69, 9.17) is 14.8 Å². The number of anilines is 1. The summed E-state index contributed by atoms with van der Waals surface area (Å²) in [5.41, 5.74) is 5.86. The van der Waals surface area contributed by atoms with Crippen LogP contribution in [0.3, 0.4) is 0 Å². The number of hydrogen-bond acceptors (Lipinski definition) is 8. The van der Waals surface area contributed by atoms with Crippen LogP contribution in [-0.4, -0.2) is 26.5 Å². The Morgan fingerprint density at radius 2 is 2.12 bits per heavy atom. The monoisotopic (exact) mass is 387 g/mol. The molecule has 0 radical (unpaired) electrons. The maximum absolute atomic E-state index is 12.1. The third kappa shape index (κ3) is 4.74. The molecule has 1 aliphatic carbocycles. The summed E-state index contributed by atoms with van der Waals surface area (Å²) >= 11 is 1.41. The van der Waals surface area contributed by atoms with Crippen molar-refractivity contribution in [1.82, 2.24) is 15.3 Å². The number of thioether (sulfide) groups is 1. The molecule has 0 bridgehead atoms. The van der Waals surface area contributed by atoms with Gasteiger partial charge in [0.2, 0.25) is 11.8 Å². The van der Waals surface area contributed by atoms with Crippen LogP contribution in [0.5, 0.6) is 0 Å². The van der Waals surface area contributed by atoms with Crippen molar-refractivity contribution in [2.45, 2.75) is 56.1 Å². The summed E-state index contributed by atoms with van der Waals surface area (Å²) in [4.78, 5) is 16.5. The van der Waals surface area contributed by atoms with Crippen LogP contribution in [0.4, 0.5) is 5.82 Å². The molecule has 1 saturated carbocycles. The summed E-state index contributed by atoms with van der Waals surface area (Å²) in [6.45, 7) is 3.58. The Bertz CT molecular complexity index is 714. The van der Waals surface area contributed by atoms with Gasteiger partial charge in [-0.15, -0.1) is 24.2 Å². The summed E-state index contributed by atoms with van der Waals surface area (Å²) in [6, 6.07) is 1.67. The molecule has 3 N–H and O–H groups in total. The molecular formula is C15H22ClN5O3S. The molecular weight excluding hydrogens is 366 g/mol. The molecule has 10 heteroatoms. The van der Waals surface area contributed by atoms with Crippen molar-refractivity contribution in [2.24, 2.45) is 5.73 Å². The van der Waals surface area contributed by atoms with Gasteiger partial charge in [-0.1, -0.05) is 23.2 Å². The first-order valence-electron chi connectivity index (χ1n) is 7.94. The topological polar surface area (TPSA) is 120 Å². The van der Waals surface area contributed by atoms with Crippen LogP contribution >= 0.6 is 24.2 Å². The van der Waals surface area contributed by atoms with Crippen LogP contribution in [0.25, 0.3) is 0 Å². The summed E-state index contributed by atoms with van der Waals surface area (Å²) in [5, 5.41) is 10.2. The van der Waals surface area contributed by atoms with Crippen molar-refractivity contribution in [2.75, 3.05) is 5.32 Å². The average Bonchev–Trinajstić information content (AvgIpc) is 3.27. The molecule has 0 spiro atoms. The van der Waals surface area contributed by atoms with Crippen LogP contribution in [-0.2, 0) is 16.1 Å². The van der Waals surface area contributed by atoms with E-state index in [0.717, 1.165) is 25.7 Å². The van der Waals surface area contributed by atoms with Gasteiger partial charge in [-0.3, -0.25) is 4.79 Å². The lowest BCUT2D eigenvalue weighted by Crippen LogP contribution is -2.34. The number of nitrogens with two attached hydrogens (primary N) is 1. The van der Waals surface area contributed by atoms with E-state index in [1.807, 2.05) is 6.92 Å². The Balaban J connectivity index is 0.00000225. The van der Waals surface area contributed by atoms with E-state index in [-0.39, 0.29) is 23.6 Å². The summed E-state index contributed by atoms with van der Waals surface area (Å²) in [5.74, 6) is 2.42. The van der Waals surface area contributed by atoms with Crippen molar-refractivity contribution < 1.29 is 13.8 Å². The van der Waals surface area contributed by atoms with Gasteiger partial charge >= 0.3 is 0 Å². The minimum absolute atomic E-state index is 0. The molecule has 1 unspecified atom stereocenters. The van der Waals surface area contributed by atoms with Gasteiger partial charge < -0.3 is 20.1 Å². The number of carbonyl (C=O) groups excluding carboxylic acids is 1. The Kier molecular flexibility index (Phi) is 6.47. The maximum Gasteiger partial charge on any atom is 0.238 e. The third-order valence-electron chi connectivity index (χ3n) is 4.11. The highest BCUT2D eigenvalue weighted by Crippen LogP contribution is 2.34. The van der Waals surface area contributed by atoms with E-state index in [2.05, 4.69) is 20.6 Å². The Morgan fingerprint density at radius 3 is 2.76 bits per heavy atom. The predicted octanol–water partition coefficient (Wildman–Crippen LogP) is 2.78. The second-order valence-electron chi connectivity index (χ2n) is 6.14. The van der Waals surface area contributed by atoms with E-state index in [9.17, 15) is 4.79 Å². The van der Waals surface area contributed by atoms with E-state index >= 15 is 0 Å². The van der Waals surface area contributed by atoms with E-state index < -0.39 is 5.54 Å². The molecule has 2 aromatic heterocycles. The first-order valence-corrected chi connectivity index (χ1v) is 8.99. The van der Waals surface area contributed by atoms with E-state index in [0.29, 0.717) is 29.0 Å². The highest BCUT2D eigenvalue weighted by atomic mass is 35.5. The van der Waals surface area contributed by atoms with Crippen LogP contribution < -0.4 is 11.1 Å². The lowest BCUT2D eigenvalue weighted by atomic mass is 9.99. The van der Waals surface area contributed by atoms with Gasteiger partial charge in [-0.25, -0.2) is 0 Å². The number of halogens is 1. The van der Waals surface area contributed by atoms with Gasteiger partial charge in [-0.05, 0) is 26.7 Å². The zero-order valence-electron chi connectivity index (χ0n) is 14.2. The number of nitrogens with zero attached hydrogens (tertiary/aromatic N) is 3. The predicted molar refractivity (Wildman–Crippen MR) is 96.5 cm³/mol. The normalized spacial score (nSPS) is 17.1. The average molecular weight is 388 g/mol. The molecule has 1 aliphatic rings. The molecule has 8 nitrogen and oxygen atoms in total. The molecule has 1 fully saturated rings. The first kappa shape index (κ1) is 19.7. The Hall–Kier alpha value is -1.58. The fourth-order valence-electron chi connectivity index (χ4n) is 2.67. The largest absolute Gasteiger partial charge is 0.360 e. The smallest absolute Gasteiger partial charge is 0.238 e. The Morgan fingerprint density at radius 1 is 1.40 bits per heavy atom. The van der Waals surface area contributed by atoms with Crippen LogP contribution in [0.1, 0.15) is 50.1 Å². The molecule has 2 heterocycles. The van der Waals surface area contributed by atoms with Gasteiger partial charge in [0.15, 0.2) is 11.6 Å². The number of aromatic nitrogens is 3. The number of aryl methyl sites for hydroxylation is 1. The number of hydrogen-bond donors (Lipinski definition) is 2. The highest BCUT2D eigenvalue weighted by molar-refractivity contribution is 7.99. The standard InChI is InChI=1S/C15H21N5O3S.ClH/c1-9-7-11(19-22-9)17-13(21)10(2)24-8-12-18-14(20-23-12)15(16)5-3-4-6-15;/h7,10H,3-6,8,16H2,1-2H3,(H,17,19,21);1H. The molecule has 0 aromatic carbocycles. The van der Waals surface area contributed by atoms with Gasteiger partial charge in [0, 0.05) is 6.07 Å². The molecule has 25 heavy (non-hydrogen) atoms. The van der Waals surface area contributed by atoms with Crippen molar-refractivity contribution >= 4 is 35.9 Å². The molecule has 3 rings (SSSR count). The zero-order valence-corrected chi connectivity index (χ0v) is 15.8. The fourth-order valence-corrected chi connectivity index (χ4v) is 3.39. The van der Waals surface area contributed by atoms with Crippen molar-refractivity contribution in [3.05, 3.63) is 23.5 Å². The fraction of sp³-hybridized carbons (Fsp3) is 0.600. The summed E-state index contributed by atoms with van der Waals surface area (Å²) < 4.78 is 10.2. The van der Waals surface area contributed by atoms with Crippen molar-refractivity contribution in [3.8, 4) is 0 Å². The first-order chi connectivity index (χ1) is 11.5. The van der Waals surface area contributed by atoms with E-state index in [1.54, 1.807) is 13.0 Å². The van der Waals surface area contributed by atoms with Crippen LogP contribution in [0, 0.1) is 6.92 Å². The van der Waals surface area contributed by atoms with Crippen molar-refractivity contribution in [3.63, 3.8) is 0 Å². The molecule has 0 saturated heterocycles. The summed E-state index contributed by atoms with van der Waals surface area (Å²) in [6.07, 6.45) is 3.95. The zero-order chi connectivity index (χ0) is 17.2. The minimum atomic E-state index is -0.458. The second-order valence-corrected chi connectivity index (χ2v) is 7.47. The highest BCUT2D eigenvalue weighted by Gasteiger charge is 2.36. The quantitative estimate of drug-likeness (QED) is 0.776. The molecule has 138 valence electrons. The number of rotatable bonds is 6. The minimum Gasteiger partial charge on any atom is -0.360 e. The van der Waals surface area contributed by atoms with Gasteiger partial charge in [0.1, 0.15) is 5.76 Å². The van der Waals surface area contributed by atoms with Crippen LogP contribution in [0.15, 0.2) is 15.1 Å². The van der Waals surface area contributed by atoms with Crippen molar-refractivity contribution in [1.29, 1.82) is 0 Å². The number of carbonyl (C=O) groups is 1. The lowest BCUT2D eigenvalue weighted by molar-refractivity contribution is -0.115. The SMILES string of the molecule is Cc1cc(NC(=O)C(C)SCc2nc(C3(N)CCCC3)no2)no1.Cl. The molecule has 2 aromatic rings. The lowest BCUT2D eigenvalue weighted by Gasteiger charge is -2.17. The van der Waals surface area contributed by atoms with Gasteiger partial charge in [0.05, 0.1) is 16.5 Å². The van der Waals surface area contributed by atoms with Crippen LogP contribution in [0.2, 0.25) is 0 Å². The van der Waals surface area contributed by atoms with Gasteiger partial charge in [-0.2, -0.15) is 4.98 Å². The second kappa shape index (κ2) is 8.20. The Labute approximate surface area is 156 Å². The maximum atomic E-state index is 12.1. The molecule has 1 amide bonds. The summed E-state index contributed by atoms with van der Waals surface area (Å²) in [7, 11) is 0. The number of nitrogens with one attached hydrogen (secondary N) is 1. The molecule has 1 atom stereocenters. The third-order valence-corrected chi connectivity index (χ3v) is 5.24. The molecule has 0 aliphatic heterocycles. The van der Waals surface area contributed by atoms with E-state index in [1.165, 1.54) is 11.8 Å².